The first-order valence-corrected chi connectivity index (χ1v) is 26.9. The van der Waals surface area contributed by atoms with Crippen LogP contribution in [-0.4, -0.2) is 69.1 Å². The average Bonchev–Trinajstić information content (AvgIpc) is 3.45. The van der Waals surface area contributed by atoms with E-state index in [0.29, 0.717) is 25.3 Å². The minimum absolute atomic E-state index is 0.0282. The zero-order valence-electron chi connectivity index (χ0n) is 34.6. The van der Waals surface area contributed by atoms with Crippen molar-refractivity contribution in [1.29, 1.82) is 0 Å². The summed E-state index contributed by atoms with van der Waals surface area (Å²) < 4.78 is 39.8. The highest BCUT2D eigenvalue weighted by Gasteiger charge is 2.49. The molecule has 48 heavy (non-hydrogen) atoms. The molecule has 1 aromatic heterocycles. The van der Waals surface area contributed by atoms with Gasteiger partial charge in [-0.3, -0.25) is 0 Å². The number of oxazole rings is 1. The molecule has 7 nitrogen and oxygen atoms in total. The van der Waals surface area contributed by atoms with E-state index in [1.165, 1.54) is 0 Å². The summed E-state index contributed by atoms with van der Waals surface area (Å²) in [6.45, 7) is 41.5. The number of methoxy groups -OCH3 is 2. The predicted octanol–water partition coefficient (Wildman–Crippen LogP) is 11.4. The van der Waals surface area contributed by atoms with Gasteiger partial charge in [-0.1, -0.05) is 89.2 Å². The maximum atomic E-state index is 7.52. The molecule has 0 unspecified atom stereocenters. The van der Waals surface area contributed by atoms with Crippen LogP contribution in [0.15, 0.2) is 23.3 Å². The van der Waals surface area contributed by atoms with Crippen LogP contribution in [0.2, 0.25) is 54.4 Å². The Bertz CT molecular complexity index is 1080. The average molecular weight is 728 g/mol. The van der Waals surface area contributed by atoms with Gasteiger partial charge in [0.1, 0.15) is 18.1 Å². The summed E-state index contributed by atoms with van der Waals surface area (Å²) in [6.07, 6.45) is 5.06. The summed E-state index contributed by atoms with van der Waals surface area (Å²) in [4.78, 5) is 4.93. The summed E-state index contributed by atoms with van der Waals surface area (Å²) in [6, 6.07) is 3.23. The van der Waals surface area contributed by atoms with Gasteiger partial charge in [0.2, 0.25) is 0 Å². The molecule has 5 atom stereocenters. The number of ether oxygens (including phenoxy) is 2. The number of hydrogen-bond acceptors (Lipinski definition) is 7. The van der Waals surface area contributed by atoms with Crippen LogP contribution in [0.4, 0.5) is 0 Å². The molecule has 0 fully saturated rings. The second kappa shape index (κ2) is 18.2. The van der Waals surface area contributed by atoms with E-state index in [1.807, 2.05) is 13.2 Å². The lowest BCUT2D eigenvalue weighted by molar-refractivity contribution is -0.0708. The number of rotatable bonds is 22. The smallest absolute Gasteiger partial charge is 0.196 e. The Kier molecular flexibility index (Phi) is 17.3. The molecule has 1 rings (SSSR count). The van der Waals surface area contributed by atoms with Crippen LogP contribution >= 0.6 is 0 Å². The highest BCUT2D eigenvalue weighted by molar-refractivity contribution is 6.74. The predicted molar refractivity (Wildman–Crippen MR) is 210 cm³/mol. The van der Waals surface area contributed by atoms with Gasteiger partial charge in [0, 0.05) is 38.6 Å². The number of aromatic nitrogens is 1. The second-order valence-corrected chi connectivity index (χ2v) is 32.0. The van der Waals surface area contributed by atoms with Crippen LogP contribution in [0.3, 0.4) is 0 Å². The molecule has 1 heterocycles. The van der Waals surface area contributed by atoms with Gasteiger partial charge in [0.25, 0.3) is 0 Å². The molecule has 0 aliphatic carbocycles. The molecule has 0 bridgehead atoms. The number of hydrogen-bond donors (Lipinski definition) is 0. The van der Waals surface area contributed by atoms with Crippen molar-refractivity contribution < 1.29 is 27.2 Å². The van der Waals surface area contributed by atoms with Crippen LogP contribution in [0, 0.1) is 11.3 Å². The van der Waals surface area contributed by atoms with Crippen molar-refractivity contribution in [3.8, 4) is 0 Å². The molecule has 0 aliphatic rings. The zero-order valence-corrected chi connectivity index (χ0v) is 37.6. The largest absolute Gasteiger partial charge is 0.449 e. The maximum absolute atomic E-state index is 7.52. The fourth-order valence-electron chi connectivity index (χ4n) is 5.65. The van der Waals surface area contributed by atoms with Crippen molar-refractivity contribution in [2.24, 2.45) is 11.3 Å². The summed E-state index contributed by atoms with van der Waals surface area (Å²) in [7, 11) is -2.60. The normalized spacial score (nSPS) is 17.2. The Balaban J connectivity index is 3.69. The van der Waals surface area contributed by atoms with Crippen LogP contribution < -0.4 is 0 Å². The Morgan fingerprint density at radius 1 is 0.833 bits per heavy atom. The van der Waals surface area contributed by atoms with E-state index in [4.69, 9.17) is 32.2 Å². The molecule has 0 radical (unpaired) electrons. The van der Waals surface area contributed by atoms with E-state index >= 15 is 0 Å². The molecule has 0 aliphatic heterocycles. The van der Waals surface area contributed by atoms with Crippen LogP contribution in [0.1, 0.15) is 114 Å². The molecule has 0 saturated heterocycles. The Morgan fingerprint density at radius 3 is 1.81 bits per heavy atom. The van der Waals surface area contributed by atoms with Crippen LogP contribution in [-0.2, 0) is 29.2 Å². The molecule has 0 saturated carbocycles. The van der Waals surface area contributed by atoms with Gasteiger partial charge in [-0.05, 0) is 67.2 Å². The standard InChI is InChI=1S/C38H77NO6Si3/c1-20-24-31(40-14)30-28-42-35(39-30)26-34(44-47(18,19)37(9,10)11)38(12,13)33(45-48(21-2,22-3)23-4)25-32(41-15)29(5)27-43-46(16,17)36(6,7)8/h20,28-29,31-34H,1,21-27H2,2-19H3/t29-,31-,32-,33-,34-/m0/s1. The first-order chi connectivity index (χ1) is 21.9. The van der Waals surface area contributed by atoms with Crippen molar-refractivity contribution >= 4 is 25.0 Å². The molecule has 0 N–H and O–H groups in total. The highest BCUT2D eigenvalue weighted by atomic mass is 28.4. The lowest BCUT2D eigenvalue weighted by Gasteiger charge is -2.49. The third kappa shape index (κ3) is 12.0. The Hall–Kier alpha value is -0.599. The molecule has 282 valence electrons. The highest BCUT2D eigenvalue weighted by Crippen LogP contribution is 2.45. The molecule has 1 aromatic rings. The van der Waals surface area contributed by atoms with Crippen LogP contribution in [0.25, 0.3) is 0 Å². The van der Waals surface area contributed by atoms with Gasteiger partial charge in [-0.15, -0.1) is 6.58 Å². The van der Waals surface area contributed by atoms with Gasteiger partial charge in [-0.25, -0.2) is 4.98 Å². The monoisotopic (exact) mass is 728 g/mol. The zero-order chi connectivity index (χ0) is 37.4. The first kappa shape index (κ1) is 45.4. The van der Waals surface area contributed by atoms with Gasteiger partial charge in [0.05, 0.1) is 18.3 Å². The summed E-state index contributed by atoms with van der Waals surface area (Å²) in [5, 5.41) is 0.185. The lowest BCUT2D eigenvalue weighted by atomic mass is 9.76. The molecular formula is C38H77NO6Si3. The van der Waals surface area contributed by atoms with Gasteiger partial charge in [-0.2, -0.15) is 0 Å². The molecule has 0 aromatic carbocycles. The van der Waals surface area contributed by atoms with E-state index < -0.39 is 25.0 Å². The Morgan fingerprint density at radius 2 is 1.38 bits per heavy atom. The first-order valence-electron chi connectivity index (χ1n) is 18.5. The van der Waals surface area contributed by atoms with Crippen LogP contribution in [0.5, 0.6) is 0 Å². The third-order valence-electron chi connectivity index (χ3n) is 12.0. The van der Waals surface area contributed by atoms with Crippen molar-refractivity contribution in [1.82, 2.24) is 4.98 Å². The minimum atomic E-state index is -2.22. The van der Waals surface area contributed by atoms with E-state index in [-0.39, 0.29) is 45.8 Å². The van der Waals surface area contributed by atoms with Crippen molar-refractivity contribution in [3.05, 3.63) is 30.5 Å². The van der Waals surface area contributed by atoms with Crippen molar-refractivity contribution in [2.45, 2.75) is 181 Å². The SMILES string of the molecule is C=CC[C@H](OC)c1coc(C[C@H](O[Si](C)(C)C(C)(C)C)C(C)(C)[C@H](C[C@H](OC)[C@@H](C)CO[Si](C)(C)C(C)(C)C)O[Si](CC)(CC)CC)n1. The van der Waals surface area contributed by atoms with E-state index in [0.717, 1.165) is 30.2 Å². The molecule has 10 heteroatoms. The third-order valence-corrected chi connectivity index (χ3v) is 25.7. The quantitative estimate of drug-likeness (QED) is 0.0869. The van der Waals surface area contributed by atoms with Gasteiger partial charge < -0.3 is 27.2 Å². The molecule has 0 amide bonds. The van der Waals surface area contributed by atoms with Gasteiger partial charge >= 0.3 is 0 Å². The van der Waals surface area contributed by atoms with Crippen molar-refractivity contribution in [3.63, 3.8) is 0 Å². The van der Waals surface area contributed by atoms with Gasteiger partial charge in [0.15, 0.2) is 30.8 Å². The lowest BCUT2D eigenvalue weighted by Crippen LogP contribution is -2.55. The summed E-state index contributed by atoms with van der Waals surface area (Å²) in [5.74, 6) is 0.868. The van der Waals surface area contributed by atoms with E-state index in [2.05, 4.69) is 116 Å². The second-order valence-electron chi connectivity index (χ2n) is 17.7. The fourth-order valence-corrected chi connectivity index (χ4v) is 11.2. The minimum Gasteiger partial charge on any atom is -0.449 e. The maximum Gasteiger partial charge on any atom is 0.196 e. The summed E-state index contributed by atoms with van der Waals surface area (Å²) in [5.41, 5.74) is 0.397. The van der Waals surface area contributed by atoms with E-state index in [9.17, 15) is 0 Å². The molecular weight excluding hydrogens is 651 g/mol. The fraction of sp³-hybridized carbons (Fsp3) is 0.868. The Labute approximate surface area is 300 Å². The summed E-state index contributed by atoms with van der Waals surface area (Å²) >= 11 is 0. The van der Waals surface area contributed by atoms with Crippen molar-refractivity contribution in [2.75, 3.05) is 20.8 Å². The molecule has 0 spiro atoms. The number of nitrogens with zero attached hydrogens (tertiary/aromatic N) is 1. The topological polar surface area (TPSA) is 72.2 Å². The van der Waals surface area contributed by atoms with E-state index in [1.54, 1.807) is 13.4 Å².